The van der Waals surface area contributed by atoms with Gasteiger partial charge in [0.05, 0.1) is 23.2 Å². The summed E-state index contributed by atoms with van der Waals surface area (Å²) in [6.45, 7) is 1.60. The van der Waals surface area contributed by atoms with Gasteiger partial charge in [0.1, 0.15) is 17.6 Å². The molecule has 3 heterocycles. The molecule has 3 atom stereocenters. The fraction of sp³-hybridized carbons (Fsp3) is 0.250. The van der Waals surface area contributed by atoms with Crippen LogP contribution in [0.4, 0.5) is 10.1 Å². The van der Waals surface area contributed by atoms with E-state index in [1.807, 2.05) is 30.3 Å². The fourth-order valence-corrected chi connectivity index (χ4v) is 7.23. The van der Waals surface area contributed by atoms with Gasteiger partial charge in [-0.3, -0.25) is 23.7 Å². The number of rotatable bonds is 5. The second-order valence-electron chi connectivity index (χ2n) is 7.87. The molecule has 2 aromatic carbocycles. The highest BCUT2D eigenvalue weighted by molar-refractivity contribution is 8.00. The number of benzene rings is 2. The van der Waals surface area contributed by atoms with Crippen LogP contribution in [0.1, 0.15) is 23.3 Å². The number of carbonyl (C=O) groups excluding carboxylic acids is 3. The van der Waals surface area contributed by atoms with E-state index in [1.54, 1.807) is 6.92 Å². The molecule has 7 nitrogen and oxygen atoms in total. The Morgan fingerprint density at radius 3 is 2.41 bits per heavy atom. The predicted molar refractivity (Wildman–Crippen MR) is 126 cm³/mol. The Hall–Kier alpha value is -3.24. The van der Waals surface area contributed by atoms with Crippen molar-refractivity contribution in [1.82, 2.24) is 4.57 Å². The number of carbonyl (C=O) groups is 3. The normalized spacial score (nSPS) is 21.4. The highest BCUT2D eigenvalue weighted by atomic mass is 32.2. The first kappa shape index (κ1) is 22.5. The van der Waals surface area contributed by atoms with Crippen molar-refractivity contribution in [2.45, 2.75) is 29.7 Å². The van der Waals surface area contributed by atoms with Gasteiger partial charge in [-0.1, -0.05) is 53.4 Å². The molecule has 1 fully saturated rings. The minimum absolute atomic E-state index is 0.185. The minimum Gasteiger partial charge on any atom is -0.465 e. The molecular weight excluding hydrogens is 479 g/mol. The topological polar surface area (TPSA) is 85.7 Å². The third kappa shape index (κ3) is 3.67. The van der Waals surface area contributed by atoms with Crippen molar-refractivity contribution in [3.05, 3.63) is 80.5 Å². The Morgan fingerprint density at radius 1 is 1.03 bits per heavy atom. The third-order valence-corrected chi connectivity index (χ3v) is 8.49. The molecule has 174 valence electrons. The molecule has 0 unspecified atom stereocenters. The molecule has 5 rings (SSSR count). The van der Waals surface area contributed by atoms with Gasteiger partial charge in [-0.2, -0.15) is 0 Å². The van der Waals surface area contributed by atoms with E-state index in [-0.39, 0.29) is 18.0 Å². The lowest BCUT2D eigenvalue weighted by molar-refractivity contribution is -0.144. The summed E-state index contributed by atoms with van der Waals surface area (Å²) in [4.78, 5) is 53.5. The summed E-state index contributed by atoms with van der Waals surface area (Å²) >= 11 is 2.10. The molecule has 0 saturated carbocycles. The summed E-state index contributed by atoms with van der Waals surface area (Å²) < 4.78 is 19.8. The summed E-state index contributed by atoms with van der Waals surface area (Å²) in [6.07, 6.45) is 0. The van der Waals surface area contributed by atoms with E-state index in [4.69, 9.17) is 4.74 Å². The lowest BCUT2D eigenvalue weighted by Crippen LogP contribution is -2.32. The van der Waals surface area contributed by atoms with Crippen molar-refractivity contribution in [1.29, 1.82) is 0 Å². The first-order valence-electron chi connectivity index (χ1n) is 10.6. The van der Waals surface area contributed by atoms with Crippen LogP contribution in [-0.4, -0.2) is 34.2 Å². The van der Waals surface area contributed by atoms with Crippen LogP contribution in [-0.2, 0) is 25.7 Å². The third-order valence-electron chi connectivity index (χ3n) is 5.89. The molecule has 2 aliphatic heterocycles. The van der Waals surface area contributed by atoms with E-state index in [0.29, 0.717) is 15.6 Å². The Labute approximate surface area is 202 Å². The molecule has 1 saturated heterocycles. The van der Waals surface area contributed by atoms with Crippen LogP contribution in [0.25, 0.3) is 0 Å². The molecule has 0 spiro atoms. The lowest BCUT2D eigenvalue weighted by Gasteiger charge is -2.30. The van der Waals surface area contributed by atoms with E-state index >= 15 is 0 Å². The number of fused-ring (bicyclic) bond motifs is 2. The van der Waals surface area contributed by atoms with Gasteiger partial charge < -0.3 is 4.74 Å². The number of thiazole rings is 1. The number of halogens is 1. The van der Waals surface area contributed by atoms with Gasteiger partial charge >= 0.3 is 10.8 Å². The number of aromatic nitrogens is 1. The van der Waals surface area contributed by atoms with Crippen LogP contribution in [0.2, 0.25) is 0 Å². The number of thioether (sulfide) groups is 1. The quantitative estimate of drug-likeness (QED) is 0.396. The van der Waals surface area contributed by atoms with Gasteiger partial charge in [-0.25, -0.2) is 9.29 Å². The van der Waals surface area contributed by atoms with E-state index < -0.39 is 40.7 Å². The first-order valence-corrected chi connectivity index (χ1v) is 12.3. The maximum atomic E-state index is 13.6. The summed E-state index contributed by atoms with van der Waals surface area (Å²) in [5.74, 6) is -3.13. The van der Waals surface area contributed by atoms with Crippen molar-refractivity contribution < 1.29 is 23.5 Å². The molecule has 1 aromatic heterocycles. The zero-order chi connectivity index (χ0) is 24.0. The molecule has 3 aromatic rings. The van der Waals surface area contributed by atoms with Crippen molar-refractivity contribution in [3.8, 4) is 0 Å². The molecule has 2 amide bonds. The number of anilines is 1. The average Bonchev–Trinajstić information content (AvgIpc) is 3.27. The van der Waals surface area contributed by atoms with Gasteiger partial charge in [0, 0.05) is 10.8 Å². The number of hydrogen-bond donors (Lipinski definition) is 0. The number of imide groups is 1. The van der Waals surface area contributed by atoms with Gasteiger partial charge in [0.15, 0.2) is 0 Å². The number of hydrogen-bond acceptors (Lipinski definition) is 7. The van der Waals surface area contributed by atoms with Crippen molar-refractivity contribution in [3.63, 3.8) is 0 Å². The Morgan fingerprint density at radius 2 is 1.74 bits per heavy atom. The van der Waals surface area contributed by atoms with E-state index in [9.17, 15) is 23.6 Å². The molecular formula is C24H19FN2O5S2. The van der Waals surface area contributed by atoms with Crippen molar-refractivity contribution >= 4 is 46.6 Å². The van der Waals surface area contributed by atoms with E-state index in [1.165, 1.54) is 28.8 Å². The van der Waals surface area contributed by atoms with Crippen LogP contribution in [0.15, 0.2) is 64.4 Å². The lowest BCUT2D eigenvalue weighted by atomic mass is 9.83. The maximum Gasteiger partial charge on any atom is 0.326 e. The first-order chi connectivity index (χ1) is 16.4. The molecule has 0 radical (unpaired) electrons. The highest BCUT2D eigenvalue weighted by Gasteiger charge is 2.56. The number of ether oxygens (including phenoxy) is 1. The van der Waals surface area contributed by atoms with E-state index in [2.05, 4.69) is 0 Å². The van der Waals surface area contributed by atoms with Gasteiger partial charge in [0.2, 0.25) is 11.8 Å². The molecule has 0 bridgehead atoms. The molecule has 34 heavy (non-hydrogen) atoms. The molecule has 10 heteroatoms. The molecule has 2 aliphatic rings. The van der Waals surface area contributed by atoms with Crippen LogP contribution in [0.3, 0.4) is 0 Å². The summed E-state index contributed by atoms with van der Waals surface area (Å²) in [6, 6.07) is 14.4. The average molecular weight is 499 g/mol. The number of nitrogens with zero attached hydrogens (tertiary/aromatic N) is 2. The smallest absolute Gasteiger partial charge is 0.326 e. The Bertz CT molecular complexity index is 1340. The Balaban J connectivity index is 1.63. The van der Waals surface area contributed by atoms with Crippen LogP contribution in [0.5, 0.6) is 0 Å². The predicted octanol–water partition coefficient (Wildman–Crippen LogP) is 3.41. The largest absolute Gasteiger partial charge is 0.465 e. The molecule has 0 N–H and O–H groups in total. The van der Waals surface area contributed by atoms with Gasteiger partial charge in [-0.15, -0.1) is 0 Å². The highest BCUT2D eigenvalue weighted by Crippen LogP contribution is 2.53. The van der Waals surface area contributed by atoms with Crippen LogP contribution >= 0.6 is 23.1 Å². The summed E-state index contributed by atoms with van der Waals surface area (Å²) in [5, 5.41) is -0.294. The van der Waals surface area contributed by atoms with E-state index in [0.717, 1.165) is 33.6 Å². The van der Waals surface area contributed by atoms with Crippen molar-refractivity contribution in [2.24, 2.45) is 5.92 Å². The van der Waals surface area contributed by atoms with Crippen LogP contribution in [0, 0.1) is 11.7 Å². The molecule has 0 aliphatic carbocycles. The van der Waals surface area contributed by atoms with Gasteiger partial charge in [0.25, 0.3) is 0 Å². The van der Waals surface area contributed by atoms with Crippen molar-refractivity contribution in [2.75, 3.05) is 11.5 Å². The summed E-state index contributed by atoms with van der Waals surface area (Å²) in [5.41, 5.74) is 1.09. The number of esters is 1. The van der Waals surface area contributed by atoms with Crippen LogP contribution < -0.4 is 9.77 Å². The SMILES string of the molecule is CCOC(=O)Cn1c2c(sc1=O)[C@@H](c1ccccc1)[C@@H]1C(=O)N(c3ccc(F)cc3)C(=O)[C@@H]1S2. The number of amides is 2. The minimum atomic E-state index is -0.794. The maximum absolute atomic E-state index is 13.6. The zero-order valence-electron chi connectivity index (χ0n) is 18.0. The van der Waals surface area contributed by atoms with Gasteiger partial charge in [-0.05, 0) is 36.8 Å². The second-order valence-corrected chi connectivity index (χ2v) is 9.99. The standard InChI is InChI=1S/C24H19FN2O5S2/c1-2-32-16(28)12-26-23-20(34-24(26)31)17(13-6-4-3-5-7-13)18-19(33-23)22(30)27(21(18)29)15-10-8-14(25)9-11-15/h3-11,17-19H,2,12H2,1H3/t17-,18-,19+/m0/s1. The zero-order valence-corrected chi connectivity index (χ0v) is 19.6. The second kappa shape index (κ2) is 8.84. The monoisotopic (exact) mass is 498 g/mol. The summed E-state index contributed by atoms with van der Waals surface area (Å²) in [7, 11) is 0. The Kier molecular flexibility index (Phi) is 5.86. The fourth-order valence-electron chi connectivity index (χ4n) is 4.46.